The van der Waals surface area contributed by atoms with Crippen LogP contribution in [0.5, 0.6) is 0 Å². The first-order chi connectivity index (χ1) is 14.5. The van der Waals surface area contributed by atoms with Crippen LogP contribution in [-0.2, 0) is 26.2 Å². The van der Waals surface area contributed by atoms with Crippen molar-refractivity contribution in [2.45, 2.75) is 26.4 Å². The summed E-state index contributed by atoms with van der Waals surface area (Å²) in [6.07, 6.45) is 1.03. The maximum Gasteiger partial charge on any atom is 0.244 e. The standard InChI is InChI=1S/C21H25BrClN3O4S/c1-14-18(23)6-5-7-19(14)26(31(4,29)30)13-20(27)25(15(2)21(28)24-3)12-16-8-10-17(22)11-9-16/h5-11,15H,12-13H2,1-4H3,(H,24,28)/t15-/m0/s1. The molecule has 0 bridgehead atoms. The summed E-state index contributed by atoms with van der Waals surface area (Å²) in [5.41, 5.74) is 1.66. The van der Waals surface area contributed by atoms with Crippen LogP contribution in [0, 0.1) is 6.92 Å². The molecule has 2 amide bonds. The van der Waals surface area contributed by atoms with Crippen molar-refractivity contribution >= 4 is 55.1 Å². The minimum absolute atomic E-state index is 0.146. The smallest absolute Gasteiger partial charge is 0.244 e. The van der Waals surface area contributed by atoms with E-state index in [1.165, 1.54) is 11.9 Å². The Morgan fingerprint density at radius 2 is 1.77 bits per heavy atom. The van der Waals surface area contributed by atoms with Crippen molar-refractivity contribution in [2.24, 2.45) is 0 Å². The molecule has 0 saturated heterocycles. The first-order valence-corrected chi connectivity index (χ1v) is 12.5. The summed E-state index contributed by atoms with van der Waals surface area (Å²) in [4.78, 5) is 27.0. The molecule has 2 aromatic carbocycles. The molecule has 31 heavy (non-hydrogen) atoms. The normalized spacial score (nSPS) is 12.2. The van der Waals surface area contributed by atoms with Gasteiger partial charge in [-0.25, -0.2) is 8.42 Å². The van der Waals surface area contributed by atoms with E-state index in [9.17, 15) is 18.0 Å². The summed E-state index contributed by atoms with van der Waals surface area (Å²) >= 11 is 9.53. The molecule has 0 radical (unpaired) electrons. The number of amides is 2. The fourth-order valence-corrected chi connectivity index (χ4v) is 4.37. The van der Waals surface area contributed by atoms with Crippen LogP contribution in [0.25, 0.3) is 0 Å². The van der Waals surface area contributed by atoms with Gasteiger partial charge in [-0.1, -0.05) is 45.7 Å². The second-order valence-electron chi connectivity index (χ2n) is 7.09. The third-order valence-corrected chi connectivity index (χ3v) is 6.93. The number of halogens is 2. The number of carbonyl (C=O) groups is 2. The molecule has 2 rings (SSSR count). The molecule has 0 aliphatic carbocycles. The van der Waals surface area contributed by atoms with Crippen molar-refractivity contribution in [3.8, 4) is 0 Å². The van der Waals surface area contributed by atoms with E-state index in [1.54, 1.807) is 32.0 Å². The Morgan fingerprint density at radius 1 is 1.16 bits per heavy atom. The SMILES string of the molecule is CNC(=O)[C@H](C)N(Cc1ccc(Br)cc1)C(=O)CN(c1cccc(Cl)c1C)S(C)(=O)=O. The number of nitrogens with one attached hydrogen (secondary N) is 1. The van der Waals surface area contributed by atoms with Crippen molar-refractivity contribution in [3.05, 3.63) is 63.1 Å². The largest absolute Gasteiger partial charge is 0.357 e. The third kappa shape index (κ3) is 6.44. The van der Waals surface area contributed by atoms with Crippen LogP contribution in [0.3, 0.4) is 0 Å². The lowest BCUT2D eigenvalue weighted by Gasteiger charge is -2.31. The average Bonchev–Trinajstić information content (AvgIpc) is 2.71. The van der Waals surface area contributed by atoms with Crippen LogP contribution in [0.2, 0.25) is 5.02 Å². The number of benzene rings is 2. The van der Waals surface area contributed by atoms with E-state index in [4.69, 9.17) is 11.6 Å². The van der Waals surface area contributed by atoms with Gasteiger partial charge in [-0.15, -0.1) is 0 Å². The van der Waals surface area contributed by atoms with Gasteiger partial charge in [-0.2, -0.15) is 0 Å². The zero-order valence-corrected chi connectivity index (χ0v) is 20.9. The van der Waals surface area contributed by atoms with Gasteiger partial charge in [0.25, 0.3) is 0 Å². The molecule has 7 nitrogen and oxygen atoms in total. The molecule has 1 N–H and O–H groups in total. The molecule has 0 aromatic heterocycles. The Labute approximate surface area is 196 Å². The number of hydrogen-bond donors (Lipinski definition) is 1. The van der Waals surface area contributed by atoms with E-state index < -0.39 is 28.5 Å². The van der Waals surface area contributed by atoms with Gasteiger partial charge in [0.15, 0.2) is 0 Å². The topological polar surface area (TPSA) is 86.8 Å². The molecule has 0 unspecified atom stereocenters. The first kappa shape index (κ1) is 25.2. The minimum Gasteiger partial charge on any atom is -0.357 e. The number of rotatable bonds is 8. The van der Waals surface area contributed by atoms with Crippen molar-refractivity contribution in [1.29, 1.82) is 0 Å². The molecule has 168 valence electrons. The number of anilines is 1. The lowest BCUT2D eigenvalue weighted by atomic mass is 10.1. The van der Waals surface area contributed by atoms with Gasteiger partial charge < -0.3 is 10.2 Å². The predicted molar refractivity (Wildman–Crippen MR) is 127 cm³/mol. The highest BCUT2D eigenvalue weighted by Crippen LogP contribution is 2.28. The summed E-state index contributed by atoms with van der Waals surface area (Å²) in [7, 11) is -2.31. The highest BCUT2D eigenvalue weighted by atomic mass is 79.9. The van der Waals surface area contributed by atoms with E-state index >= 15 is 0 Å². The Morgan fingerprint density at radius 3 is 2.32 bits per heavy atom. The highest BCUT2D eigenvalue weighted by molar-refractivity contribution is 9.10. The van der Waals surface area contributed by atoms with Crippen LogP contribution >= 0.6 is 27.5 Å². The first-order valence-electron chi connectivity index (χ1n) is 9.44. The zero-order chi connectivity index (χ0) is 23.3. The van der Waals surface area contributed by atoms with Crippen molar-refractivity contribution in [3.63, 3.8) is 0 Å². The molecule has 0 fully saturated rings. The highest BCUT2D eigenvalue weighted by Gasteiger charge is 2.30. The van der Waals surface area contributed by atoms with Crippen LogP contribution in [0.4, 0.5) is 5.69 Å². The molecule has 0 heterocycles. The molecule has 0 aliphatic rings. The predicted octanol–water partition coefficient (Wildman–Crippen LogP) is 3.34. The van der Waals surface area contributed by atoms with Crippen molar-refractivity contribution in [2.75, 3.05) is 24.2 Å². The number of carbonyl (C=O) groups excluding carboxylic acids is 2. The molecule has 0 aliphatic heterocycles. The Balaban J connectivity index is 2.42. The van der Waals surface area contributed by atoms with E-state index in [-0.39, 0.29) is 12.5 Å². The van der Waals surface area contributed by atoms with Crippen LogP contribution in [0.1, 0.15) is 18.1 Å². The van der Waals surface area contributed by atoms with E-state index in [0.29, 0.717) is 16.3 Å². The van der Waals surface area contributed by atoms with Gasteiger partial charge in [0.05, 0.1) is 11.9 Å². The molecule has 10 heteroatoms. The van der Waals surface area contributed by atoms with Crippen LogP contribution < -0.4 is 9.62 Å². The number of likely N-dealkylation sites (N-methyl/N-ethyl adjacent to an activating group) is 1. The Hall–Kier alpha value is -2.10. The van der Waals surface area contributed by atoms with E-state index in [1.807, 2.05) is 24.3 Å². The maximum atomic E-state index is 13.3. The summed E-state index contributed by atoms with van der Waals surface area (Å²) < 4.78 is 27.0. The summed E-state index contributed by atoms with van der Waals surface area (Å²) in [5.74, 6) is -0.862. The average molecular weight is 531 g/mol. The van der Waals surface area contributed by atoms with Gasteiger partial charge >= 0.3 is 0 Å². The maximum absolute atomic E-state index is 13.3. The molecule has 1 atom stereocenters. The second-order valence-corrected chi connectivity index (χ2v) is 10.3. The monoisotopic (exact) mass is 529 g/mol. The van der Waals surface area contributed by atoms with Gasteiger partial charge in [0.2, 0.25) is 21.8 Å². The molecular weight excluding hydrogens is 506 g/mol. The molecular formula is C21H25BrClN3O4S. The van der Waals surface area contributed by atoms with Gasteiger partial charge in [-0.3, -0.25) is 13.9 Å². The Bertz CT molecular complexity index is 1060. The quantitative estimate of drug-likeness (QED) is 0.567. The molecule has 2 aromatic rings. The van der Waals surface area contributed by atoms with Gasteiger partial charge in [0.1, 0.15) is 12.6 Å². The van der Waals surface area contributed by atoms with Crippen LogP contribution in [-0.4, -0.2) is 51.0 Å². The van der Waals surface area contributed by atoms with Gasteiger partial charge in [-0.05, 0) is 49.2 Å². The van der Waals surface area contributed by atoms with Crippen LogP contribution in [0.15, 0.2) is 46.9 Å². The fourth-order valence-electron chi connectivity index (χ4n) is 3.04. The number of hydrogen-bond acceptors (Lipinski definition) is 4. The number of sulfonamides is 1. The summed E-state index contributed by atoms with van der Waals surface area (Å²) in [5, 5.41) is 2.93. The third-order valence-electron chi connectivity index (χ3n) is 4.87. The van der Waals surface area contributed by atoms with E-state index in [2.05, 4.69) is 21.2 Å². The molecule has 0 spiro atoms. The Kier molecular flexibility index (Phi) is 8.50. The lowest BCUT2D eigenvalue weighted by Crippen LogP contribution is -2.50. The van der Waals surface area contributed by atoms with E-state index in [0.717, 1.165) is 20.6 Å². The lowest BCUT2D eigenvalue weighted by molar-refractivity contribution is -0.139. The van der Waals surface area contributed by atoms with Crippen molar-refractivity contribution in [1.82, 2.24) is 10.2 Å². The minimum atomic E-state index is -3.80. The second kappa shape index (κ2) is 10.5. The zero-order valence-electron chi connectivity index (χ0n) is 17.7. The number of nitrogens with zero attached hydrogens (tertiary/aromatic N) is 2. The molecule has 0 saturated carbocycles. The van der Waals surface area contributed by atoms with Crippen molar-refractivity contribution < 1.29 is 18.0 Å². The van der Waals surface area contributed by atoms with Gasteiger partial charge in [0, 0.05) is 23.1 Å². The summed E-state index contributed by atoms with van der Waals surface area (Å²) in [6, 6.07) is 11.4. The fraction of sp³-hybridized carbons (Fsp3) is 0.333. The summed E-state index contributed by atoms with van der Waals surface area (Å²) in [6.45, 7) is 2.97.